The number of hydrogen-bond acceptors (Lipinski definition) is 2. The molecule has 0 aliphatic rings. The van der Waals surface area contributed by atoms with Gasteiger partial charge in [0.25, 0.3) is 0 Å². The van der Waals surface area contributed by atoms with Gasteiger partial charge < -0.3 is 10.1 Å². The number of hydrogen-bond donors (Lipinski definition) is 1. The number of rotatable bonds is 14. The van der Waals surface area contributed by atoms with Gasteiger partial charge in [0.15, 0.2) is 0 Å². The number of unbranched alkanes of at least 4 members (excludes halogenated alkanes) is 6. The van der Waals surface area contributed by atoms with Gasteiger partial charge in [0.1, 0.15) is 0 Å². The van der Waals surface area contributed by atoms with Crippen molar-refractivity contribution in [3.8, 4) is 0 Å². The topological polar surface area (TPSA) is 21.3 Å². The minimum absolute atomic E-state index is 0.677. The molecule has 0 fully saturated rings. The maximum atomic E-state index is 5.19. The molecule has 0 saturated heterocycles. The molecule has 0 amide bonds. The van der Waals surface area contributed by atoms with Crippen molar-refractivity contribution < 1.29 is 4.74 Å². The van der Waals surface area contributed by atoms with E-state index in [4.69, 9.17) is 4.74 Å². The Hall–Kier alpha value is -0.0800. The molecule has 0 bridgehead atoms. The third-order valence-corrected chi connectivity index (χ3v) is 4.05. The van der Waals surface area contributed by atoms with Gasteiger partial charge in [0.05, 0.1) is 0 Å². The summed E-state index contributed by atoms with van der Waals surface area (Å²) in [5.74, 6) is 0.722. The van der Waals surface area contributed by atoms with Crippen molar-refractivity contribution in [2.24, 2.45) is 5.92 Å². The summed E-state index contributed by atoms with van der Waals surface area (Å²) in [7, 11) is 1.80. The van der Waals surface area contributed by atoms with Gasteiger partial charge >= 0.3 is 0 Å². The first-order valence-electron chi connectivity index (χ1n) is 8.48. The minimum atomic E-state index is 0.677. The molecule has 0 radical (unpaired) electrons. The molecule has 0 aliphatic heterocycles. The van der Waals surface area contributed by atoms with Gasteiger partial charge in [-0.1, -0.05) is 65.7 Å². The smallest absolute Gasteiger partial charge is 0.0465 e. The first-order valence-corrected chi connectivity index (χ1v) is 8.48. The predicted octanol–water partition coefficient (Wildman–Crippen LogP) is 4.78. The summed E-state index contributed by atoms with van der Waals surface area (Å²) in [5.41, 5.74) is 0. The third kappa shape index (κ3) is 11.4. The second kappa shape index (κ2) is 14.3. The van der Waals surface area contributed by atoms with Crippen LogP contribution in [0, 0.1) is 5.92 Å². The third-order valence-electron chi connectivity index (χ3n) is 4.05. The molecule has 19 heavy (non-hydrogen) atoms. The Morgan fingerprint density at radius 1 is 0.895 bits per heavy atom. The van der Waals surface area contributed by atoms with Gasteiger partial charge in [0.2, 0.25) is 0 Å². The first kappa shape index (κ1) is 18.9. The molecule has 0 rings (SSSR count). The molecule has 2 nitrogen and oxygen atoms in total. The highest BCUT2D eigenvalue weighted by Gasteiger charge is 2.15. The van der Waals surface area contributed by atoms with Crippen LogP contribution in [-0.2, 0) is 4.74 Å². The fourth-order valence-corrected chi connectivity index (χ4v) is 2.68. The summed E-state index contributed by atoms with van der Waals surface area (Å²) in [5, 5.41) is 3.65. The molecule has 116 valence electrons. The summed E-state index contributed by atoms with van der Waals surface area (Å²) in [6.07, 6.45) is 12.3. The van der Waals surface area contributed by atoms with Gasteiger partial charge in [-0.05, 0) is 25.3 Å². The highest BCUT2D eigenvalue weighted by molar-refractivity contribution is 4.73. The lowest BCUT2D eigenvalue weighted by Crippen LogP contribution is -2.35. The highest BCUT2D eigenvalue weighted by Crippen LogP contribution is 2.16. The van der Waals surface area contributed by atoms with E-state index in [0.717, 1.165) is 19.1 Å². The maximum absolute atomic E-state index is 5.19. The Balaban J connectivity index is 3.63. The quantitative estimate of drug-likeness (QED) is 0.459. The largest absolute Gasteiger partial charge is 0.385 e. The summed E-state index contributed by atoms with van der Waals surface area (Å²) >= 11 is 0. The average Bonchev–Trinajstić information content (AvgIpc) is 2.42. The predicted molar refractivity (Wildman–Crippen MR) is 85.7 cm³/mol. The van der Waals surface area contributed by atoms with Crippen LogP contribution in [0.3, 0.4) is 0 Å². The first-order chi connectivity index (χ1) is 9.26. The number of nitrogens with one attached hydrogen (secondary N) is 1. The van der Waals surface area contributed by atoms with Gasteiger partial charge in [-0.3, -0.25) is 0 Å². The van der Waals surface area contributed by atoms with Crippen LogP contribution in [0.5, 0.6) is 0 Å². The molecule has 2 unspecified atom stereocenters. The zero-order valence-electron chi connectivity index (χ0n) is 13.8. The molecule has 0 aliphatic carbocycles. The Labute approximate surface area is 121 Å². The van der Waals surface area contributed by atoms with Crippen molar-refractivity contribution in [2.45, 2.75) is 84.6 Å². The second-order valence-corrected chi connectivity index (χ2v) is 5.83. The zero-order chi connectivity index (χ0) is 14.3. The Kier molecular flexibility index (Phi) is 14.3. The van der Waals surface area contributed by atoms with Crippen LogP contribution in [0.15, 0.2) is 0 Å². The zero-order valence-corrected chi connectivity index (χ0v) is 13.8. The monoisotopic (exact) mass is 271 g/mol. The molecule has 2 atom stereocenters. The molecule has 0 saturated carbocycles. The standard InChI is InChI=1S/C17H37NO/c1-5-7-8-9-10-11-12-13-17(18-6-2)16(3)14-15-19-4/h16-18H,5-15H2,1-4H3. The second-order valence-electron chi connectivity index (χ2n) is 5.83. The minimum Gasteiger partial charge on any atom is -0.385 e. The molecule has 2 heteroatoms. The molecular formula is C17H37NO. The van der Waals surface area contributed by atoms with E-state index in [2.05, 4.69) is 26.1 Å². The Bertz CT molecular complexity index is 173. The lowest BCUT2D eigenvalue weighted by atomic mass is 9.93. The summed E-state index contributed by atoms with van der Waals surface area (Å²) in [4.78, 5) is 0. The van der Waals surface area contributed by atoms with E-state index >= 15 is 0 Å². The normalized spacial score (nSPS) is 14.5. The van der Waals surface area contributed by atoms with Gasteiger partial charge in [0, 0.05) is 19.8 Å². The molecule has 0 aromatic rings. The number of methoxy groups -OCH3 is 1. The van der Waals surface area contributed by atoms with Crippen LogP contribution < -0.4 is 5.32 Å². The van der Waals surface area contributed by atoms with E-state index < -0.39 is 0 Å². The molecular weight excluding hydrogens is 234 g/mol. The van der Waals surface area contributed by atoms with Crippen LogP contribution in [0.1, 0.15) is 78.6 Å². The van der Waals surface area contributed by atoms with Crippen molar-refractivity contribution in [2.75, 3.05) is 20.3 Å². The van der Waals surface area contributed by atoms with Crippen molar-refractivity contribution in [3.05, 3.63) is 0 Å². The Morgan fingerprint density at radius 3 is 2.11 bits per heavy atom. The van der Waals surface area contributed by atoms with Gasteiger partial charge in [-0.2, -0.15) is 0 Å². The van der Waals surface area contributed by atoms with E-state index in [1.807, 2.05) is 0 Å². The van der Waals surface area contributed by atoms with E-state index in [9.17, 15) is 0 Å². The molecule has 0 aromatic heterocycles. The van der Waals surface area contributed by atoms with Crippen LogP contribution in [0.4, 0.5) is 0 Å². The van der Waals surface area contributed by atoms with Crippen LogP contribution in [0.2, 0.25) is 0 Å². The summed E-state index contributed by atoms with van der Waals surface area (Å²) < 4.78 is 5.19. The average molecular weight is 271 g/mol. The summed E-state index contributed by atoms with van der Waals surface area (Å²) in [6.45, 7) is 8.81. The van der Waals surface area contributed by atoms with E-state index in [1.165, 1.54) is 57.8 Å². The van der Waals surface area contributed by atoms with Crippen molar-refractivity contribution in [1.82, 2.24) is 5.32 Å². The lowest BCUT2D eigenvalue weighted by Gasteiger charge is -2.24. The van der Waals surface area contributed by atoms with Gasteiger partial charge in [-0.15, -0.1) is 0 Å². The van der Waals surface area contributed by atoms with Crippen LogP contribution in [-0.4, -0.2) is 26.3 Å². The van der Waals surface area contributed by atoms with Crippen LogP contribution in [0.25, 0.3) is 0 Å². The fourth-order valence-electron chi connectivity index (χ4n) is 2.68. The number of ether oxygens (including phenoxy) is 1. The molecule has 0 aromatic carbocycles. The molecule has 0 heterocycles. The molecule has 0 spiro atoms. The SMILES string of the molecule is CCCCCCCCCC(NCC)C(C)CCOC. The van der Waals surface area contributed by atoms with Crippen LogP contribution >= 0.6 is 0 Å². The lowest BCUT2D eigenvalue weighted by molar-refractivity contribution is 0.168. The van der Waals surface area contributed by atoms with Crippen molar-refractivity contribution >= 4 is 0 Å². The highest BCUT2D eigenvalue weighted by atomic mass is 16.5. The van der Waals surface area contributed by atoms with E-state index in [-0.39, 0.29) is 0 Å². The van der Waals surface area contributed by atoms with E-state index in [0.29, 0.717) is 6.04 Å². The Morgan fingerprint density at radius 2 is 1.53 bits per heavy atom. The van der Waals surface area contributed by atoms with Gasteiger partial charge in [-0.25, -0.2) is 0 Å². The molecule has 1 N–H and O–H groups in total. The van der Waals surface area contributed by atoms with Crippen molar-refractivity contribution in [1.29, 1.82) is 0 Å². The van der Waals surface area contributed by atoms with Crippen molar-refractivity contribution in [3.63, 3.8) is 0 Å². The van der Waals surface area contributed by atoms with E-state index in [1.54, 1.807) is 7.11 Å². The maximum Gasteiger partial charge on any atom is 0.0465 e. The summed E-state index contributed by atoms with van der Waals surface area (Å²) in [6, 6.07) is 0.677. The fraction of sp³-hybridized carbons (Fsp3) is 1.00.